The van der Waals surface area contributed by atoms with Crippen molar-refractivity contribution in [3.8, 4) is 0 Å². The average molecular weight is 890 g/mol. The molecule has 0 radical (unpaired) electrons. The number of carboxylic acid groups (broad SMARTS) is 1. The minimum absolute atomic E-state index is 0.170. The minimum atomic E-state index is -4.71. The largest absolute Gasteiger partial charge is 0.480 e. The summed E-state index contributed by atoms with van der Waals surface area (Å²) in [5.74, 6) is -2.35. The normalized spacial score (nSPS) is 13.5. The summed E-state index contributed by atoms with van der Waals surface area (Å²) < 4.78 is 32.9. The van der Waals surface area contributed by atoms with E-state index in [2.05, 4.69) is 18.4 Å². The first-order valence-corrected chi connectivity index (χ1v) is 27.1. The van der Waals surface area contributed by atoms with Gasteiger partial charge < -0.3 is 25.2 Å². The number of phosphoric acid groups is 1. The van der Waals surface area contributed by atoms with Gasteiger partial charge in [-0.3, -0.25) is 23.4 Å². The predicted molar refractivity (Wildman–Crippen MR) is 250 cm³/mol. The highest BCUT2D eigenvalue weighted by molar-refractivity contribution is 7.47. The second-order valence-electron chi connectivity index (χ2n) is 17.7. The molecule has 3 atom stereocenters. The van der Waals surface area contributed by atoms with Gasteiger partial charge >= 0.3 is 25.7 Å². The van der Waals surface area contributed by atoms with Gasteiger partial charge in [0.15, 0.2) is 6.10 Å². The Balaban J connectivity index is 4.20. The first kappa shape index (κ1) is 59.5. The number of hydrogen-bond donors (Lipinski definition) is 3. The van der Waals surface area contributed by atoms with Crippen molar-refractivity contribution >= 4 is 25.7 Å². The van der Waals surface area contributed by atoms with Crippen LogP contribution in [0.15, 0.2) is 0 Å². The lowest BCUT2D eigenvalue weighted by Gasteiger charge is -2.20. The van der Waals surface area contributed by atoms with Crippen molar-refractivity contribution in [3.05, 3.63) is 0 Å². The Morgan fingerprint density at radius 2 is 0.721 bits per heavy atom. The molecular weight excluding hydrogens is 794 g/mol. The Morgan fingerprint density at radius 1 is 0.443 bits per heavy atom. The highest BCUT2D eigenvalue weighted by Crippen LogP contribution is 2.43. The summed E-state index contributed by atoms with van der Waals surface area (Å²) in [7, 11) is -4.71. The maximum absolute atomic E-state index is 12.7. The van der Waals surface area contributed by atoms with Crippen LogP contribution < -0.4 is 5.73 Å². The topological polar surface area (TPSA) is 172 Å². The van der Waals surface area contributed by atoms with Crippen molar-refractivity contribution in [2.24, 2.45) is 5.73 Å². The first-order valence-electron chi connectivity index (χ1n) is 25.6. The first-order chi connectivity index (χ1) is 29.6. The predicted octanol–water partition coefficient (Wildman–Crippen LogP) is 14.2. The fraction of sp³-hybridized carbons (Fsp3) is 0.939. The van der Waals surface area contributed by atoms with Crippen LogP contribution in [0.4, 0.5) is 0 Å². The van der Waals surface area contributed by atoms with Crippen LogP contribution in [-0.4, -0.2) is 59.9 Å². The molecule has 0 aliphatic carbocycles. The summed E-state index contributed by atoms with van der Waals surface area (Å²) in [6.45, 7) is 2.87. The van der Waals surface area contributed by atoms with Crippen LogP contribution in [0.1, 0.15) is 264 Å². The molecule has 0 amide bonds. The number of esters is 2. The number of nitrogens with two attached hydrogens (primary N) is 1. The molecule has 0 aromatic rings. The molecule has 0 saturated carbocycles. The van der Waals surface area contributed by atoms with Gasteiger partial charge in [0.1, 0.15) is 12.6 Å². The maximum Gasteiger partial charge on any atom is 0.472 e. The molecule has 0 aliphatic heterocycles. The van der Waals surface area contributed by atoms with Gasteiger partial charge in [-0.25, -0.2) is 4.57 Å². The highest BCUT2D eigenvalue weighted by atomic mass is 31.2. The molecule has 0 aromatic heterocycles. The molecule has 0 aromatic carbocycles. The third kappa shape index (κ3) is 44.9. The lowest BCUT2D eigenvalue weighted by molar-refractivity contribution is -0.161. The zero-order valence-corrected chi connectivity index (χ0v) is 40.4. The van der Waals surface area contributed by atoms with Gasteiger partial charge in [0.2, 0.25) is 0 Å². The number of carboxylic acids is 1. The van der Waals surface area contributed by atoms with Crippen molar-refractivity contribution in [2.45, 2.75) is 276 Å². The smallest absolute Gasteiger partial charge is 0.472 e. The molecule has 12 heteroatoms. The fourth-order valence-electron chi connectivity index (χ4n) is 7.60. The maximum atomic E-state index is 12.7. The number of aliphatic carboxylic acids is 1. The number of ether oxygens (including phenoxy) is 2. The molecule has 0 spiro atoms. The van der Waals surface area contributed by atoms with E-state index >= 15 is 0 Å². The second kappa shape index (κ2) is 45.1. The molecule has 0 bridgehead atoms. The number of hydrogen-bond acceptors (Lipinski definition) is 9. The van der Waals surface area contributed by atoms with E-state index < -0.39 is 51.1 Å². The van der Waals surface area contributed by atoms with Gasteiger partial charge in [-0.05, 0) is 12.8 Å². The molecule has 4 N–H and O–H groups in total. The van der Waals surface area contributed by atoms with E-state index in [1.165, 1.54) is 186 Å². The van der Waals surface area contributed by atoms with Crippen molar-refractivity contribution in [1.82, 2.24) is 0 Å². The van der Waals surface area contributed by atoms with E-state index in [0.29, 0.717) is 12.8 Å². The van der Waals surface area contributed by atoms with Crippen LogP contribution in [0.5, 0.6) is 0 Å². The van der Waals surface area contributed by atoms with Crippen molar-refractivity contribution in [1.29, 1.82) is 0 Å². The van der Waals surface area contributed by atoms with Gasteiger partial charge in [-0.15, -0.1) is 0 Å². The summed E-state index contributed by atoms with van der Waals surface area (Å²) in [6.07, 6.45) is 45.9. The van der Waals surface area contributed by atoms with Crippen LogP contribution in [0.3, 0.4) is 0 Å². The standard InChI is InChI=1S/C49H96NO10P/c1-3-5-7-9-11-13-15-17-19-21-23-25-27-29-31-33-35-37-39-41-48(52)60-45(43-58-61(55,56)59-44-46(50)49(53)54)42-57-47(51)40-38-36-34-32-30-28-26-24-22-20-18-16-14-12-10-8-6-4-2/h45-46H,3-44,50H2,1-2H3,(H,53,54)(H,55,56)/t45-,46+/m1/s1. The summed E-state index contributed by atoms with van der Waals surface area (Å²) in [4.78, 5) is 46.2. The van der Waals surface area contributed by atoms with Gasteiger partial charge in [-0.2, -0.15) is 0 Å². The van der Waals surface area contributed by atoms with Crippen LogP contribution >= 0.6 is 7.82 Å². The SMILES string of the molecule is CCCCCCCCCCCCCCCCCCCCCC(=O)O[C@H](COC(=O)CCCCCCCCCCCCCCCCCCCC)COP(=O)(O)OC[C@H](N)C(=O)O. The number of unbranched alkanes of at least 4 members (excludes halogenated alkanes) is 35. The van der Waals surface area contributed by atoms with Crippen molar-refractivity contribution < 1.29 is 47.5 Å². The summed E-state index contributed by atoms with van der Waals surface area (Å²) in [6, 6.07) is -1.52. The monoisotopic (exact) mass is 890 g/mol. The van der Waals surface area contributed by atoms with Gasteiger partial charge in [-0.1, -0.05) is 239 Å². The minimum Gasteiger partial charge on any atom is -0.480 e. The van der Waals surface area contributed by atoms with Crippen LogP contribution in [0.25, 0.3) is 0 Å². The molecule has 61 heavy (non-hydrogen) atoms. The molecule has 0 saturated heterocycles. The number of phosphoric ester groups is 1. The molecule has 1 unspecified atom stereocenters. The van der Waals surface area contributed by atoms with Gasteiger partial charge in [0.05, 0.1) is 13.2 Å². The summed E-state index contributed by atoms with van der Waals surface area (Å²) in [5.41, 5.74) is 5.35. The summed E-state index contributed by atoms with van der Waals surface area (Å²) in [5, 5.41) is 8.92. The van der Waals surface area contributed by atoms with Crippen LogP contribution in [0.2, 0.25) is 0 Å². The van der Waals surface area contributed by atoms with Crippen LogP contribution in [-0.2, 0) is 37.5 Å². The Labute approximate surface area is 374 Å². The Hall–Kier alpha value is -1.52. The number of carbonyl (C=O) groups excluding carboxylic acids is 2. The van der Waals surface area contributed by atoms with E-state index in [9.17, 15) is 23.8 Å². The van der Waals surface area contributed by atoms with Crippen molar-refractivity contribution in [3.63, 3.8) is 0 Å². The van der Waals surface area contributed by atoms with E-state index in [0.717, 1.165) is 38.5 Å². The number of carbonyl (C=O) groups is 3. The quantitative estimate of drug-likeness (QED) is 0.0301. The Kier molecular flexibility index (Phi) is 43.9. The highest BCUT2D eigenvalue weighted by Gasteiger charge is 2.28. The average Bonchev–Trinajstić information content (AvgIpc) is 3.24. The summed E-state index contributed by atoms with van der Waals surface area (Å²) >= 11 is 0. The van der Waals surface area contributed by atoms with E-state index in [4.69, 9.17) is 24.8 Å². The van der Waals surface area contributed by atoms with Crippen LogP contribution in [0, 0.1) is 0 Å². The molecule has 0 heterocycles. The molecule has 0 aliphatic rings. The molecule has 0 fully saturated rings. The molecule has 362 valence electrons. The molecular formula is C49H96NO10P. The second-order valence-corrected chi connectivity index (χ2v) is 19.1. The zero-order chi connectivity index (χ0) is 44.9. The lowest BCUT2D eigenvalue weighted by Crippen LogP contribution is -2.34. The zero-order valence-electron chi connectivity index (χ0n) is 39.5. The van der Waals surface area contributed by atoms with Gasteiger partial charge in [0.25, 0.3) is 0 Å². The van der Waals surface area contributed by atoms with E-state index in [-0.39, 0.29) is 19.4 Å². The van der Waals surface area contributed by atoms with Crippen molar-refractivity contribution in [2.75, 3.05) is 19.8 Å². The lowest BCUT2D eigenvalue weighted by atomic mass is 10.0. The third-order valence-corrected chi connectivity index (χ3v) is 12.6. The third-order valence-electron chi connectivity index (χ3n) is 11.6. The van der Waals surface area contributed by atoms with Gasteiger partial charge in [0, 0.05) is 12.8 Å². The molecule has 11 nitrogen and oxygen atoms in total. The van der Waals surface area contributed by atoms with E-state index in [1.807, 2.05) is 0 Å². The molecule has 0 rings (SSSR count). The van der Waals surface area contributed by atoms with E-state index in [1.54, 1.807) is 0 Å². The Bertz CT molecular complexity index is 1050. The number of rotatable bonds is 49. The fourth-order valence-corrected chi connectivity index (χ4v) is 8.38. The Morgan fingerprint density at radius 3 is 1.03 bits per heavy atom.